The third kappa shape index (κ3) is 5.28. The van der Waals surface area contributed by atoms with Gasteiger partial charge in [-0.3, -0.25) is 0 Å². The van der Waals surface area contributed by atoms with Crippen molar-refractivity contribution < 1.29 is 4.74 Å². The highest BCUT2D eigenvalue weighted by Crippen LogP contribution is 2.24. The van der Waals surface area contributed by atoms with Gasteiger partial charge in [-0.25, -0.2) is 0 Å². The summed E-state index contributed by atoms with van der Waals surface area (Å²) >= 11 is 6.05. The van der Waals surface area contributed by atoms with Gasteiger partial charge in [0.05, 0.1) is 6.10 Å². The van der Waals surface area contributed by atoms with Crippen LogP contribution in [0.15, 0.2) is 18.2 Å². The molecule has 1 aromatic carbocycles. The molecule has 0 aromatic heterocycles. The van der Waals surface area contributed by atoms with Gasteiger partial charge in [0.1, 0.15) is 5.75 Å². The summed E-state index contributed by atoms with van der Waals surface area (Å²) in [6.45, 7) is 10.4. The summed E-state index contributed by atoms with van der Waals surface area (Å²) in [4.78, 5) is 0. The van der Waals surface area contributed by atoms with Crippen molar-refractivity contribution in [2.24, 2.45) is 5.92 Å². The topological polar surface area (TPSA) is 21.3 Å². The molecule has 18 heavy (non-hydrogen) atoms. The van der Waals surface area contributed by atoms with E-state index in [1.54, 1.807) is 0 Å². The summed E-state index contributed by atoms with van der Waals surface area (Å²) in [7, 11) is 0. The largest absolute Gasteiger partial charge is 0.490 e. The van der Waals surface area contributed by atoms with Crippen molar-refractivity contribution in [2.45, 2.75) is 46.8 Å². The molecule has 0 radical (unpaired) electrons. The summed E-state index contributed by atoms with van der Waals surface area (Å²) < 4.78 is 5.91. The highest BCUT2D eigenvalue weighted by atomic mass is 35.5. The van der Waals surface area contributed by atoms with Gasteiger partial charge in [-0.15, -0.1) is 0 Å². The van der Waals surface area contributed by atoms with Gasteiger partial charge in [-0.2, -0.15) is 0 Å². The lowest BCUT2D eigenvalue weighted by molar-refractivity contribution is 0.215. The lowest BCUT2D eigenvalue weighted by Crippen LogP contribution is -2.20. The highest BCUT2D eigenvalue weighted by Gasteiger charge is 2.08. The predicted molar refractivity (Wildman–Crippen MR) is 78.4 cm³/mol. The molecule has 0 aliphatic heterocycles. The molecule has 3 heteroatoms. The summed E-state index contributed by atoms with van der Waals surface area (Å²) in [5.74, 6) is 1.58. The number of hydrogen-bond donors (Lipinski definition) is 1. The van der Waals surface area contributed by atoms with Crippen molar-refractivity contribution in [3.8, 4) is 5.75 Å². The van der Waals surface area contributed by atoms with Crippen molar-refractivity contribution in [3.63, 3.8) is 0 Å². The van der Waals surface area contributed by atoms with E-state index in [0.29, 0.717) is 5.92 Å². The second-order valence-electron chi connectivity index (χ2n) is 5.11. The van der Waals surface area contributed by atoms with E-state index in [-0.39, 0.29) is 6.10 Å². The molecule has 1 aromatic rings. The number of benzene rings is 1. The van der Waals surface area contributed by atoms with E-state index in [1.165, 1.54) is 0 Å². The summed E-state index contributed by atoms with van der Waals surface area (Å²) in [6.07, 6.45) is 1.23. The molecule has 0 aliphatic rings. The van der Waals surface area contributed by atoms with Crippen LogP contribution in [0.3, 0.4) is 0 Å². The van der Waals surface area contributed by atoms with Crippen molar-refractivity contribution >= 4 is 11.6 Å². The van der Waals surface area contributed by atoms with Crippen molar-refractivity contribution in [3.05, 3.63) is 28.8 Å². The Bertz CT molecular complexity index is 366. The van der Waals surface area contributed by atoms with Gasteiger partial charge in [0.2, 0.25) is 0 Å². The number of hydrogen-bond acceptors (Lipinski definition) is 2. The second-order valence-corrected chi connectivity index (χ2v) is 5.55. The van der Waals surface area contributed by atoms with Crippen molar-refractivity contribution in [2.75, 3.05) is 6.54 Å². The number of ether oxygens (including phenoxy) is 1. The van der Waals surface area contributed by atoms with Gasteiger partial charge in [0.15, 0.2) is 0 Å². The SMILES string of the molecule is CCC(C)Oc1ccc(Cl)cc1CNCC(C)C. The lowest BCUT2D eigenvalue weighted by Gasteiger charge is -2.17. The smallest absolute Gasteiger partial charge is 0.124 e. The molecule has 0 saturated carbocycles. The minimum Gasteiger partial charge on any atom is -0.490 e. The number of halogens is 1. The molecule has 0 heterocycles. The van der Waals surface area contributed by atoms with Crippen LogP contribution in [0, 0.1) is 5.92 Å². The predicted octanol–water partition coefficient (Wildman–Crippen LogP) is 4.26. The van der Waals surface area contributed by atoms with Gasteiger partial charge in [-0.1, -0.05) is 32.4 Å². The Morgan fingerprint density at radius 3 is 2.61 bits per heavy atom. The van der Waals surface area contributed by atoms with Crippen LogP contribution >= 0.6 is 11.6 Å². The molecule has 1 atom stereocenters. The first kappa shape index (κ1) is 15.3. The van der Waals surface area contributed by atoms with Crippen LogP contribution < -0.4 is 10.1 Å². The maximum absolute atomic E-state index is 6.05. The summed E-state index contributed by atoms with van der Waals surface area (Å²) in [5.41, 5.74) is 1.13. The second kappa shape index (κ2) is 7.65. The average molecular weight is 270 g/mol. The Labute approximate surface area is 116 Å². The molecular formula is C15H24ClNO. The van der Waals surface area contributed by atoms with Crippen LogP contribution in [0.2, 0.25) is 5.02 Å². The average Bonchev–Trinajstić information content (AvgIpc) is 2.31. The Balaban J connectivity index is 2.70. The molecule has 0 spiro atoms. The first-order valence-electron chi connectivity index (χ1n) is 6.68. The zero-order valence-electron chi connectivity index (χ0n) is 11.8. The van der Waals surface area contributed by atoms with E-state index in [2.05, 4.69) is 33.0 Å². The van der Waals surface area contributed by atoms with E-state index in [1.807, 2.05) is 18.2 Å². The minimum atomic E-state index is 0.232. The first-order valence-corrected chi connectivity index (χ1v) is 7.06. The molecule has 0 bridgehead atoms. The van der Waals surface area contributed by atoms with E-state index in [4.69, 9.17) is 16.3 Å². The van der Waals surface area contributed by atoms with Crippen molar-refractivity contribution in [1.29, 1.82) is 0 Å². The lowest BCUT2D eigenvalue weighted by atomic mass is 10.1. The van der Waals surface area contributed by atoms with E-state index in [9.17, 15) is 0 Å². The number of rotatable bonds is 7. The zero-order chi connectivity index (χ0) is 13.5. The maximum Gasteiger partial charge on any atom is 0.124 e. The van der Waals surface area contributed by atoms with Gasteiger partial charge >= 0.3 is 0 Å². The Morgan fingerprint density at radius 1 is 1.28 bits per heavy atom. The van der Waals surface area contributed by atoms with E-state index >= 15 is 0 Å². The zero-order valence-corrected chi connectivity index (χ0v) is 12.6. The fourth-order valence-electron chi connectivity index (χ4n) is 1.60. The Kier molecular flexibility index (Phi) is 6.51. The molecule has 1 rings (SSSR count). The van der Waals surface area contributed by atoms with E-state index < -0.39 is 0 Å². The third-order valence-corrected chi connectivity index (χ3v) is 3.03. The quantitative estimate of drug-likeness (QED) is 0.798. The third-order valence-electron chi connectivity index (χ3n) is 2.79. The molecule has 102 valence electrons. The molecule has 0 saturated heterocycles. The fourth-order valence-corrected chi connectivity index (χ4v) is 1.79. The molecule has 1 N–H and O–H groups in total. The summed E-state index contributed by atoms with van der Waals surface area (Å²) in [6, 6.07) is 5.82. The van der Waals surface area contributed by atoms with Gasteiger partial charge in [0.25, 0.3) is 0 Å². The molecule has 0 fully saturated rings. The number of nitrogens with one attached hydrogen (secondary N) is 1. The first-order chi connectivity index (χ1) is 8.52. The molecule has 2 nitrogen and oxygen atoms in total. The van der Waals surface area contributed by atoms with Crippen LogP contribution in [0.25, 0.3) is 0 Å². The highest BCUT2D eigenvalue weighted by molar-refractivity contribution is 6.30. The van der Waals surface area contributed by atoms with Gasteiger partial charge < -0.3 is 10.1 Å². The van der Waals surface area contributed by atoms with E-state index in [0.717, 1.165) is 35.8 Å². The molecule has 1 unspecified atom stereocenters. The van der Waals surface area contributed by atoms with Crippen LogP contribution in [-0.4, -0.2) is 12.6 Å². The Morgan fingerprint density at radius 2 is 2.00 bits per heavy atom. The molecular weight excluding hydrogens is 246 g/mol. The molecule has 0 aliphatic carbocycles. The monoisotopic (exact) mass is 269 g/mol. The van der Waals surface area contributed by atoms with Crippen LogP contribution in [0.1, 0.15) is 39.7 Å². The Hall–Kier alpha value is -0.730. The normalized spacial score (nSPS) is 12.8. The van der Waals surface area contributed by atoms with Crippen LogP contribution in [0.4, 0.5) is 0 Å². The van der Waals surface area contributed by atoms with Crippen molar-refractivity contribution in [1.82, 2.24) is 5.32 Å². The fraction of sp³-hybridized carbons (Fsp3) is 0.600. The standard InChI is InChI=1S/C15H24ClNO/c1-5-12(4)18-15-7-6-14(16)8-13(15)10-17-9-11(2)3/h6-8,11-12,17H,5,9-10H2,1-4H3. The van der Waals surface area contributed by atoms with Gasteiger partial charge in [-0.05, 0) is 44.0 Å². The van der Waals surface area contributed by atoms with Crippen LogP contribution in [0.5, 0.6) is 5.75 Å². The molecule has 0 amide bonds. The maximum atomic E-state index is 6.05. The van der Waals surface area contributed by atoms with Crippen LogP contribution in [-0.2, 0) is 6.54 Å². The minimum absolute atomic E-state index is 0.232. The summed E-state index contributed by atoms with van der Waals surface area (Å²) in [5, 5.41) is 4.18. The van der Waals surface area contributed by atoms with Gasteiger partial charge in [0, 0.05) is 17.1 Å².